The summed E-state index contributed by atoms with van der Waals surface area (Å²) in [6.45, 7) is 3.47. The van der Waals surface area contributed by atoms with Crippen molar-refractivity contribution in [2.75, 3.05) is 13.2 Å². The fourth-order valence-corrected chi connectivity index (χ4v) is 3.55. The van der Waals surface area contributed by atoms with Crippen LogP contribution in [0, 0.1) is 0 Å². The highest BCUT2D eigenvalue weighted by molar-refractivity contribution is 5.83. The Balaban J connectivity index is 1.75. The number of nitrogens with zero attached hydrogens (tertiary/aromatic N) is 1. The number of hydrogen-bond acceptors (Lipinski definition) is 3. The molecular weight excluding hydrogens is 296 g/mol. The van der Waals surface area contributed by atoms with E-state index in [-0.39, 0.29) is 6.61 Å². The first-order valence-corrected chi connectivity index (χ1v) is 10.8. The molecule has 1 rings (SSSR count). The summed E-state index contributed by atoms with van der Waals surface area (Å²) in [5, 5.41) is 12.2. The molecule has 1 heterocycles. The largest absolute Gasteiger partial charge is 0.396 e. The molecule has 0 amide bonds. The normalized spacial score (nSPS) is 17.1. The van der Waals surface area contributed by atoms with E-state index in [1.165, 1.54) is 96.3 Å². The maximum atomic E-state index is 8.90. The zero-order chi connectivity index (χ0) is 17.3. The monoisotopic (exact) mass is 338 g/mol. The lowest BCUT2D eigenvalue weighted by molar-refractivity contribution is 0.306. The van der Waals surface area contributed by atoms with E-state index in [1.807, 2.05) is 0 Å². The topological polar surface area (TPSA) is 44.6 Å². The first kappa shape index (κ1) is 21.5. The molecule has 1 aliphatic heterocycles. The number of unbranched alkanes of at least 4 members (excludes halogenated alkanes) is 13. The van der Waals surface area contributed by atoms with E-state index in [2.05, 4.69) is 17.2 Å². The Morgan fingerprint density at radius 2 is 1.33 bits per heavy atom. The number of aliphatic hydroxyl groups is 1. The molecule has 0 saturated carbocycles. The summed E-state index contributed by atoms with van der Waals surface area (Å²) in [4.78, 5) is 4.62. The molecular formula is C21H42N2O. The lowest BCUT2D eigenvalue weighted by Crippen LogP contribution is -2.21. The summed E-state index contributed by atoms with van der Waals surface area (Å²) in [7, 11) is 0. The summed E-state index contributed by atoms with van der Waals surface area (Å²) in [6.07, 6.45) is 21.7. The van der Waals surface area contributed by atoms with Gasteiger partial charge in [0.25, 0.3) is 0 Å². The van der Waals surface area contributed by atoms with Gasteiger partial charge < -0.3 is 10.4 Å². The summed E-state index contributed by atoms with van der Waals surface area (Å²) >= 11 is 0. The van der Waals surface area contributed by atoms with Crippen LogP contribution < -0.4 is 5.32 Å². The Bertz CT molecular complexity index is 304. The molecule has 1 atom stereocenters. The van der Waals surface area contributed by atoms with Crippen molar-refractivity contribution in [3.63, 3.8) is 0 Å². The van der Waals surface area contributed by atoms with E-state index in [1.54, 1.807) is 0 Å². The number of aliphatic imine (C=N–C) groups is 1. The van der Waals surface area contributed by atoms with Crippen LogP contribution >= 0.6 is 0 Å². The zero-order valence-corrected chi connectivity index (χ0v) is 16.2. The van der Waals surface area contributed by atoms with Crippen molar-refractivity contribution in [1.82, 2.24) is 5.32 Å². The van der Waals surface area contributed by atoms with Gasteiger partial charge in [0.2, 0.25) is 0 Å². The molecule has 0 aromatic carbocycles. The van der Waals surface area contributed by atoms with Gasteiger partial charge in [0, 0.05) is 13.0 Å². The Kier molecular flexibility index (Phi) is 14.3. The predicted octanol–water partition coefficient (Wildman–Crippen LogP) is 5.61. The van der Waals surface area contributed by atoms with Crippen LogP contribution in [0.4, 0.5) is 0 Å². The van der Waals surface area contributed by atoms with E-state index >= 15 is 0 Å². The zero-order valence-electron chi connectivity index (χ0n) is 16.2. The minimum atomic E-state index is 0.206. The molecule has 0 aromatic rings. The second-order valence-electron chi connectivity index (χ2n) is 7.47. The van der Waals surface area contributed by atoms with Crippen molar-refractivity contribution in [2.24, 2.45) is 4.99 Å². The lowest BCUT2D eigenvalue weighted by atomic mass is 10.0. The highest BCUT2D eigenvalue weighted by atomic mass is 16.3. The second-order valence-corrected chi connectivity index (χ2v) is 7.47. The number of nitrogens with one attached hydrogen (secondary N) is 1. The summed E-state index contributed by atoms with van der Waals surface area (Å²) in [5.41, 5.74) is 0. The van der Waals surface area contributed by atoms with Crippen LogP contribution in [0.1, 0.15) is 110 Å². The second kappa shape index (κ2) is 15.9. The molecule has 3 heteroatoms. The van der Waals surface area contributed by atoms with Gasteiger partial charge >= 0.3 is 0 Å². The Morgan fingerprint density at radius 3 is 1.83 bits per heavy atom. The number of rotatable bonds is 17. The molecule has 0 saturated heterocycles. The molecule has 0 spiro atoms. The molecule has 1 unspecified atom stereocenters. The van der Waals surface area contributed by atoms with Gasteiger partial charge in [-0.2, -0.15) is 0 Å². The molecule has 0 bridgehead atoms. The van der Waals surface area contributed by atoms with Crippen LogP contribution in [0.25, 0.3) is 0 Å². The molecule has 0 fully saturated rings. The molecule has 2 N–H and O–H groups in total. The molecule has 142 valence electrons. The van der Waals surface area contributed by atoms with Crippen LogP contribution in [0.5, 0.6) is 0 Å². The minimum Gasteiger partial charge on any atom is -0.396 e. The van der Waals surface area contributed by atoms with Crippen molar-refractivity contribution < 1.29 is 5.11 Å². The third-order valence-electron chi connectivity index (χ3n) is 5.12. The molecule has 0 radical (unpaired) electrons. The predicted molar refractivity (Wildman–Crippen MR) is 106 cm³/mol. The van der Waals surface area contributed by atoms with E-state index in [4.69, 9.17) is 5.11 Å². The fraction of sp³-hybridized carbons (Fsp3) is 0.952. The fourth-order valence-electron chi connectivity index (χ4n) is 3.55. The van der Waals surface area contributed by atoms with E-state index < -0.39 is 0 Å². The first-order chi connectivity index (χ1) is 11.9. The van der Waals surface area contributed by atoms with E-state index in [0.29, 0.717) is 12.5 Å². The summed E-state index contributed by atoms with van der Waals surface area (Å²) in [5.74, 6) is 1.01. The van der Waals surface area contributed by atoms with Gasteiger partial charge in [-0.05, 0) is 6.42 Å². The van der Waals surface area contributed by atoms with Crippen LogP contribution in [0.3, 0.4) is 0 Å². The number of aliphatic hydroxyl groups excluding tert-OH is 1. The van der Waals surface area contributed by atoms with Crippen LogP contribution in [0.2, 0.25) is 0 Å². The molecule has 1 aliphatic rings. The summed E-state index contributed by atoms with van der Waals surface area (Å²) < 4.78 is 0. The van der Waals surface area contributed by atoms with Crippen LogP contribution in [-0.4, -0.2) is 30.1 Å². The van der Waals surface area contributed by atoms with Gasteiger partial charge in [-0.15, -0.1) is 0 Å². The third-order valence-corrected chi connectivity index (χ3v) is 5.12. The number of amidine groups is 1. The van der Waals surface area contributed by atoms with Crippen molar-refractivity contribution in [2.45, 2.75) is 116 Å². The van der Waals surface area contributed by atoms with Gasteiger partial charge in [-0.1, -0.05) is 96.8 Å². The van der Waals surface area contributed by atoms with Crippen molar-refractivity contribution in [3.05, 3.63) is 0 Å². The van der Waals surface area contributed by atoms with Gasteiger partial charge in [0.15, 0.2) is 0 Å². The molecule has 0 aliphatic carbocycles. The van der Waals surface area contributed by atoms with Gasteiger partial charge in [0.1, 0.15) is 0 Å². The van der Waals surface area contributed by atoms with Gasteiger partial charge in [-0.25, -0.2) is 0 Å². The average Bonchev–Trinajstić information content (AvgIpc) is 3.03. The minimum absolute atomic E-state index is 0.206. The van der Waals surface area contributed by atoms with Crippen molar-refractivity contribution in [1.29, 1.82) is 0 Å². The van der Waals surface area contributed by atoms with Gasteiger partial charge in [-0.3, -0.25) is 4.99 Å². The highest BCUT2D eigenvalue weighted by Gasteiger charge is 2.15. The SMILES string of the molecule is CCCCCCCCCCCCCCCCC1CNC(CCO)=N1. The smallest absolute Gasteiger partial charge is 0.0991 e. The van der Waals surface area contributed by atoms with Gasteiger partial charge in [0.05, 0.1) is 18.5 Å². The maximum absolute atomic E-state index is 8.90. The maximum Gasteiger partial charge on any atom is 0.0991 e. The molecule has 0 aromatic heterocycles. The summed E-state index contributed by atoms with van der Waals surface area (Å²) in [6, 6.07) is 0.462. The Hall–Kier alpha value is -0.570. The van der Waals surface area contributed by atoms with Crippen LogP contribution in [0.15, 0.2) is 4.99 Å². The van der Waals surface area contributed by atoms with Crippen LogP contribution in [-0.2, 0) is 0 Å². The molecule has 3 nitrogen and oxygen atoms in total. The highest BCUT2D eigenvalue weighted by Crippen LogP contribution is 2.15. The Labute approximate surface area is 150 Å². The number of hydrogen-bond donors (Lipinski definition) is 2. The van der Waals surface area contributed by atoms with Crippen molar-refractivity contribution >= 4 is 5.84 Å². The average molecular weight is 339 g/mol. The molecule has 24 heavy (non-hydrogen) atoms. The van der Waals surface area contributed by atoms with E-state index in [9.17, 15) is 0 Å². The first-order valence-electron chi connectivity index (χ1n) is 10.8. The standard InChI is InChI=1S/C21H42N2O/c1-2-3-4-5-6-7-8-9-10-11-12-13-14-15-16-20-19-22-21(23-20)17-18-24/h20,24H,2-19H2,1H3,(H,22,23). The Morgan fingerprint density at radius 1 is 0.833 bits per heavy atom. The van der Waals surface area contributed by atoms with E-state index in [0.717, 1.165) is 12.4 Å². The van der Waals surface area contributed by atoms with Crippen molar-refractivity contribution in [3.8, 4) is 0 Å². The third kappa shape index (κ3) is 11.9. The quantitative estimate of drug-likeness (QED) is 0.339. The lowest BCUT2D eigenvalue weighted by Gasteiger charge is -2.06.